The van der Waals surface area contributed by atoms with E-state index in [2.05, 4.69) is 10.1 Å². The number of aliphatic carboxylic acids is 1. The summed E-state index contributed by atoms with van der Waals surface area (Å²) in [7, 11) is 0. The minimum atomic E-state index is -1.04. The highest BCUT2D eigenvalue weighted by Gasteiger charge is 2.22. The minimum Gasteiger partial charge on any atom is -0.480 e. The van der Waals surface area contributed by atoms with Crippen LogP contribution < -0.4 is 0 Å². The molecule has 1 aromatic carbocycles. The van der Waals surface area contributed by atoms with Crippen molar-refractivity contribution in [3.63, 3.8) is 0 Å². The van der Waals surface area contributed by atoms with Crippen LogP contribution in [0.5, 0.6) is 0 Å². The first kappa shape index (κ1) is 19.5. The summed E-state index contributed by atoms with van der Waals surface area (Å²) in [4.78, 5) is 30.3. The Morgan fingerprint density at radius 3 is 2.57 bits per heavy atom. The molecule has 0 aliphatic heterocycles. The molecule has 2 aromatic heterocycles. The van der Waals surface area contributed by atoms with Gasteiger partial charge in [-0.1, -0.05) is 30.3 Å². The minimum absolute atomic E-state index is 0.153. The Kier molecular flexibility index (Phi) is 5.73. The molecule has 146 valence electrons. The Morgan fingerprint density at radius 1 is 1.21 bits per heavy atom. The number of carboxylic acid groups (broad SMARTS) is 1. The zero-order valence-corrected chi connectivity index (χ0v) is 16.3. The van der Waals surface area contributed by atoms with E-state index in [4.69, 9.17) is 0 Å². The molecule has 0 unspecified atom stereocenters. The van der Waals surface area contributed by atoms with Gasteiger partial charge in [-0.15, -0.1) is 0 Å². The molecule has 3 rings (SSSR count). The number of carbonyl (C=O) groups excluding carboxylic acids is 1. The van der Waals surface area contributed by atoms with E-state index in [0.717, 1.165) is 16.6 Å². The first-order chi connectivity index (χ1) is 13.4. The maximum absolute atomic E-state index is 13.1. The normalized spacial score (nSPS) is 11.1. The van der Waals surface area contributed by atoms with E-state index >= 15 is 0 Å². The molecule has 1 amide bonds. The summed E-state index contributed by atoms with van der Waals surface area (Å²) >= 11 is 0. The number of rotatable bonds is 7. The van der Waals surface area contributed by atoms with Crippen molar-refractivity contribution in [2.75, 3.05) is 13.1 Å². The third kappa shape index (κ3) is 4.19. The van der Waals surface area contributed by atoms with Crippen molar-refractivity contribution in [1.82, 2.24) is 19.7 Å². The van der Waals surface area contributed by atoms with Crippen LogP contribution in [0.15, 0.2) is 42.6 Å². The first-order valence-electron chi connectivity index (χ1n) is 9.26. The summed E-state index contributed by atoms with van der Waals surface area (Å²) in [5.41, 5.74) is 2.74. The molecule has 0 aliphatic rings. The predicted octanol–water partition coefficient (Wildman–Crippen LogP) is 3.09. The van der Waals surface area contributed by atoms with Gasteiger partial charge in [-0.2, -0.15) is 5.10 Å². The van der Waals surface area contributed by atoms with Crippen LogP contribution in [0.1, 0.15) is 41.5 Å². The van der Waals surface area contributed by atoms with Crippen LogP contribution >= 0.6 is 0 Å². The van der Waals surface area contributed by atoms with Crippen LogP contribution in [0.3, 0.4) is 0 Å². The number of fused-ring (bicyclic) bond motifs is 1. The van der Waals surface area contributed by atoms with Crippen LogP contribution in [0.2, 0.25) is 0 Å². The van der Waals surface area contributed by atoms with E-state index in [-0.39, 0.29) is 18.5 Å². The lowest BCUT2D eigenvalue weighted by atomic mass is 10.1. The summed E-state index contributed by atoms with van der Waals surface area (Å²) in [5, 5.41) is 14.4. The van der Waals surface area contributed by atoms with Crippen molar-refractivity contribution in [1.29, 1.82) is 0 Å². The molecule has 28 heavy (non-hydrogen) atoms. The van der Waals surface area contributed by atoms with E-state index in [0.29, 0.717) is 24.2 Å². The number of amides is 1. The van der Waals surface area contributed by atoms with Crippen LogP contribution in [-0.2, 0) is 11.2 Å². The van der Waals surface area contributed by atoms with Crippen molar-refractivity contribution in [3.05, 3.63) is 59.4 Å². The van der Waals surface area contributed by atoms with Gasteiger partial charge in [-0.3, -0.25) is 9.59 Å². The molecule has 0 radical (unpaired) electrons. The maximum Gasteiger partial charge on any atom is 0.323 e. The Balaban J connectivity index is 1.89. The van der Waals surface area contributed by atoms with E-state index in [1.54, 1.807) is 23.9 Å². The van der Waals surface area contributed by atoms with E-state index < -0.39 is 5.97 Å². The quantitative estimate of drug-likeness (QED) is 0.680. The standard InChI is InChI=1S/C21H24N4O3/c1-14(2)25-20-17(12-22-25)11-18(15(3)23-20)21(28)24(13-19(26)27)10-9-16-7-5-4-6-8-16/h4-8,11-12,14H,9-10,13H2,1-3H3,(H,26,27). The monoisotopic (exact) mass is 380 g/mol. The van der Waals surface area contributed by atoms with Gasteiger partial charge < -0.3 is 10.0 Å². The molecule has 7 nitrogen and oxygen atoms in total. The molecule has 7 heteroatoms. The lowest BCUT2D eigenvalue weighted by molar-refractivity contribution is -0.137. The van der Waals surface area contributed by atoms with Gasteiger partial charge in [0.15, 0.2) is 5.65 Å². The van der Waals surface area contributed by atoms with Crippen LogP contribution in [0, 0.1) is 6.92 Å². The van der Waals surface area contributed by atoms with Gasteiger partial charge in [-0.05, 0) is 38.8 Å². The third-order valence-corrected chi connectivity index (χ3v) is 4.61. The zero-order chi connectivity index (χ0) is 20.3. The second-order valence-electron chi connectivity index (χ2n) is 7.07. The van der Waals surface area contributed by atoms with Gasteiger partial charge in [0.25, 0.3) is 5.91 Å². The van der Waals surface area contributed by atoms with Gasteiger partial charge >= 0.3 is 5.97 Å². The van der Waals surface area contributed by atoms with Crippen LogP contribution in [-0.4, -0.2) is 49.7 Å². The maximum atomic E-state index is 13.1. The van der Waals surface area contributed by atoms with Crippen LogP contribution in [0.25, 0.3) is 11.0 Å². The fourth-order valence-electron chi connectivity index (χ4n) is 3.15. The molecular weight excluding hydrogens is 356 g/mol. The average molecular weight is 380 g/mol. The zero-order valence-electron chi connectivity index (χ0n) is 16.3. The number of pyridine rings is 1. The number of carbonyl (C=O) groups is 2. The van der Waals surface area contributed by atoms with Crippen molar-refractivity contribution >= 4 is 22.9 Å². The summed E-state index contributed by atoms with van der Waals surface area (Å²) < 4.78 is 1.81. The number of carboxylic acids is 1. The van der Waals surface area contributed by atoms with Crippen molar-refractivity contribution in [2.45, 2.75) is 33.2 Å². The Bertz CT molecular complexity index is 996. The Hall–Kier alpha value is -3.22. The smallest absolute Gasteiger partial charge is 0.323 e. The number of benzene rings is 1. The molecule has 2 heterocycles. The third-order valence-electron chi connectivity index (χ3n) is 4.61. The van der Waals surface area contributed by atoms with Gasteiger partial charge in [0.05, 0.1) is 17.5 Å². The molecular formula is C21H24N4O3. The van der Waals surface area contributed by atoms with E-state index in [1.807, 2.05) is 44.2 Å². The molecule has 0 spiro atoms. The predicted molar refractivity (Wildman–Crippen MR) is 106 cm³/mol. The highest BCUT2D eigenvalue weighted by Crippen LogP contribution is 2.20. The highest BCUT2D eigenvalue weighted by atomic mass is 16.4. The SMILES string of the molecule is Cc1nc2c(cnn2C(C)C)cc1C(=O)N(CCc1ccccc1)CC(=O)O. The molecule has 3 aromatic rings. The van der Waals surface area contributed by atoms with Gasteiger partial charge in [0.2, 0.25) is 0 Å². The largest absolute Gasteiger partial charge is 0.480 e. The van der Waals surface area contributed by atoms with E-state index in [9.17, 15) is 14.7 Å². The molecule has 0 saturated carbocycles. The van der Waals surface area contributed by atoms with Crippen molar-refractivity contribution in [3.8, 4) is 0 Å². The number of hydrogen-bond acceptors (Lipinski definition) is 4. The lowest BCUT2D eigenvalue weighted by Gasteiger charge is -2.21. The second kappa shape index (κ2) is 8.21. The topological polar surface area (TPSA) is 88.3 Å². The second-order valence-corrected chi connectivity index (χ2v) is 7.07. The van der Waals surface area contributed by atoms with E-state index in [1.165, 1.54) is 4.90 Å². The molecule has 0 atom stereocenters. The number of hydrogen-bond donors (Lipinski definition) is 1. The Labute approximate surface area is 163 Å². The summed E-state index contributed by atoms with van der Waals surface area (Å²) in [6.45, 7) is 5.76. The average Bonchev–Trinajstić information content (AvgIpc) is 3.07. The molecule has 0 bridgehead atoms. The number of nitrogens with zero attached hydrogens (tertiary/aromatic N) is 4. The van der Waals surface area contributed by atoms with Crippen molar-refractivity contribution in [2.24, 2.45) is 0 Å². The van der Waals surface area contributed by atoms with Crippen LogP contribution in [0.4, 0.5) is 0 Å². The van der Waals surface area contributed by atoms with Gasteiger partial charge in [0.1, 0.15) is 6.54 Å². The highest BCUT2D eigenvalue weighted by molar-refractivity contribution is 5.99. The lowest BCUT2D eigenvalue weighted by Crippen LogP contribution is -2.37. The number of aryl methyl sites for hydroxylation is 1. The summed E-state index contributed by atoms with van der Waals surface area (Å²) in [6.07, 6.45) is 2.27. The van der Waals surface area contributed by atoms with Gasteiger partial charge in [-0.25, -0.2) is 9.67 Å². The molecule has 0 saturated heterocycles. The molecule has 0 aliphatic carbocycles. The fourth-order valence-corrected chi connectivity index (χ4v) is 3.15. The molecule has 1 N–H and O–H groups in total. The summed E-state index contributed by atoms with van der Waals surface area (Å²) in [5.74, 6) is -1.37. The first-order valence-corrected chi connectivity index (χ1v) is 9.26. The molecule has 0 fully saturated rings. The number of aromatic nitrogens is 3. The van der Waals surface area contributed by atoms with Gasteiger partial charge in [0, 0.05) is 18.0 Å². The van der Waals surface area contributed by atoms with Crippen molar-refractivity contribution < 1.29 is 14.7 Å². The Morgan fingerprint density at radius 2 is 1.93 bits per heavy atom. The summed E-state index contributed by atoms with van der Waals surface area (Å²) in [6, 6.07) is 11.6. The fraction of sp³-hybridized carbons (Fsp3) is 0.333.